The molecule has 6 heteroatoms. The van der Waals surface area contributed by atoms with E-state index in [1.165, 1.54) is 5.56 Å². The van der Waals surface area contributed by atoms with E-state index < -0.39 is 0 Å². The van der Waals surface area contributed by atoms with E-state index in [4.69, 9.17) is 4.74 Å². The largest absolute Gasteiger partial charge is 0.493 e. The lowest BCUT2D eigenvalue weighted by atomic mass is 9.75. The number of aliphatic hydroxyl groups excluding tert-OH is 1. The maximum absolute atomic E-state index is 12.7. The summed E-state index contributed by atoms with van der Waals surface area (Å²) in [5, 5.41) is 12.9. The molecule has 4 rings (SSSR count). The van der Waals surface area contributed by atoms with Gasteiger partial charge in [0.05, 0.1) is 25.3 Å². The predicted octanol–water partition coefficient (Wildman–Crippen LogP) is 1.95. The maximum Gasteiger partial charge on any atom is 0.240 e. The number of hydrogen-bond donors (Lipinski definition) is 2. The number of benzene rings is 1. The Morgan fingerprint density at radius 3 is 2.93 bits per heavy atom. The Labute approximate surface area is 159 Å². The van der Waals surface area contributed by atoms with Crippen LogP contribution in [0.5, 0.6) is 5.75 Å². The SMILES string of the molecule is O=C(CN1CCCCCC1=O)N[C@H](c1ccc2c(c1)CCO2)C1CC(O)C1. The van der Waals surface area contributed by atoms with Gasteiger partial charge in [-0.25, -0.2) is 0 Å². The second-order valence-corrected chi connectivity index (χ2v) is 8.02. The number of carbonyl (C=O) groups excluding carboxylic acids is 2. The summed E-state index contributed by atoms with van der Waals surface area (Å²) in [7, 11) is 0. The molecule has 0 aromatic heterocycles. The van der Waals surface area contributed by atoms with Crippen molar-refractivity contribution in [3.63, 3.8) is 0 Å². The molecule has 3 aliphatic rings. The first-order chi connectivity index (χ1) is 13.1. The molecule has 1 aromatic carbocycles. The van der Waals surface area contributed by atoms with Crippen molar-refractivity contribution in [2.45, 2.75) is 57.1 Å². The van der Waals surface area contributed by atoms with Crippen molar-refractivity contribution in [3.8, 4) is 5.75 Å². The van der Waals surface area contributed by atoms with Crippen LogP contribution in [-0.4, -0.2) is 47.6 Å². The minimum absolute atomic E-state index is 0.0768. The second-order valence-electron chi connectivity index (χ2n) is 8.02. The number of amides is 2. The van der Waals surface area contributed by atoms with Gasteiger partial charge in [0.15, 0.2) is 0 Å². The van der Waals surface area contributed by atoms with Crippen LogP contribution < -0.4 is 10.1 Å². The highest BCUT2D eigenvalue weighted by Crippen LogP contribution is 2.39. The lowest BCUT2D eigenvalue weighted by Crippen LogP contribution is -2.46. The smallest absolute Gasteiger partial charge is 0.240 e. The van der Waals surface area contributed by atoms with Crippen LogP contribution in [0, 0.1) is 5.92 Å². The van der Waals surface area contributed by atoms with Gasteiger partial charge in [0.2, 0.25) is 11.8 Å². The highest BCUT2D eigenvalue weighted by Gasteiger charge is 2.36. The van der Waals surface area contributed by atoms with Crippen LogP contribution in [-0.2, 0) is 16.0 Å². The van der Waals surface area contributed by atoms with Crippen LogP contribution in [0.2, 0.25) is 0 Å². The van der Waals surface area contributed by atoms with Gasteiger partial charge in [-0.3, -0.25) is 9.59 Å². The van der Waals surface area contributed by atoms with E-state index in [0.29, 0.717) is 32.4 Å². The fourth-order valence-corrected chi connectivity index (χ4v) is 4.37. The number of fused-ring (bicyclic) bond motifs is 1. The summed E-state index contributed by atoms with van der Waals surface area (Å²) < 4.78 is 5.58. The molecule has 27 heavy (non-hydrogen) atoms. The van der Waals surface area contributed by atoms with Gasteiger partial charge >= 0.3 is 0 Å². The highest BCUT2D eigenvalue weighted by atomic mass is 16.5. The molecule has 0 spiro atoms. The van der Waals surface area contributed by atoms with Crippen molar-refractivity contribution in [2.24, 2.45) is 5.92 Å². The van der Waals surface area contributed by atoms with Crippen LogP contribution in [0.1, 0.15) is 55.7 Å². The van der Waals surface area contributed by atoms with Gasteiger partial charge in [-0.05, 0) is 54.9 Å². The Hall–Kier alpha value is -2.08. The number of carbonyl (C=O) groups is 2. The van der Waals surface area contributed by atoms with Gasteiger partial charge in [-0.2, -0.15) is 0 Å². The first-order valence-electron chi connectivity index (χ1n) is 10.1. The van der Waals surface area contributed by atoms with E-state index in [0.717, 1.165) is 37.0 Å². The molecular formula is C21H28N2O4. The third kappa shape index (κ3) is 4.10. The summed E-state index contributed by atoms with van der Waals surface area (Å²) in [5.74, 6) is 1.11. The number of hydrogen-bond acceptors (Lipinski definition) is 4. The van der Waals surface area contributed by atoms with Crippen molar-refractivity contribution < 1.29 is 19.4 Å². The molecule has 1 saturated carbocycles. The summed E-state index contributed by atoms with van der Waals surface area (Å²) in [6, 6.07) is 5.98. The number of nitrogens with one attached hydrogen (secondary N) is 1. The summed E-state index contributed by atoms with van der Waals surface area (Å²) in [5.41, 5.74) is 2.24. The van der Waals surface area contributed by atoms with E-state index in [1.807, 2.05) is 12.1 Å². The maximum atomic E-state index is 12.7. The van der Waals surface area contributed by atoms with Crippen molar-refractivity contribution >= 4 is 11.8 Å². The Bertz CT molecular complexity index is 714. The van der Waals surface area contributed by atoms with E-state index in [9.17, 15) is 14.7 Å². The lowest BCUT2D eigenvalue weighted by Gasteiger charge is -2.38. The number of aliphatic hydroxyl groups is 1. The topological polar surface area (TPSA) is 78.9 Å². The fraction of sp³-hybridized carbons (Fsp3) is 0.619. The van der Waals surface area contributed by atoms with Crippen LogP contribution in [0.25, 0.3) is 0 Å². The van der Waals surface area contributed by atoms with Crippen LogP contribution in [0.4, 0.5) is 0 Å². The molecule has 2 aliphatic heterocycles. The zero-order chi connectivity index (χ0) is 18.8. The molecule has 2 heterocycles. The number of nitrogens with zero attached hydrogens (tertiary/aromatic N) is 1. The first kappa shape index (κ1) is 18.3. The number of likely N-dealkylation sites (tertiary alicyclic amines) is 1. The Morgan fingerprint density at radius 1 is 1.26 bits per heavy atom. The van der Waals surface area contributed by atoms with E-state index >= 15 is 0 Å². The monoisotopic (exact) mass is 372 g/mol. The van der Waals surface area contributed by atoms with Gasteiger partial charge in [-0.15, -0.1) is 0 Å². The Balaban J connectivity index is 1.46. The van der Waals surface area contributed by atoms with E-state index in [-0.39, 0.29) is 36.4 Å². The van der Waals surface area contributed by atoms with E-state index in [1.54, 1.807) is 4.90 Å². The zero-order valence-electron chi connectivity index (χ0n) is 15.7. The molecular weight excluding hydrogens is 344 g/mol. The fourth-order valence-electron chi connectivity index (χ4n) is 4.37. The lowest BCUT2D eigenvalue weighted by molar-refractivity contribution is -0.136. The van der Waals surface area contributed by atoms with Gasteiger partial charge in [0.1, 0.15) is 5.75 Å². The molecule has 2 N–H and O–H groups in total. The summed E-state index contributed by atoms with van der Waals surface area (Å²) in [6.07, 6.45) is 5.46. The second kappa shape index (κ2) is 7.89. The van der Waals surface area contributed by atoms with E-state index in [2.05, 4.69) is 11.4 Å². The molecule has 1 aliphatic carbocycles. The molecule has 0 unspecified atom stereocenters. The third-order valence-electron chi connectivity index (χ3n) is 6.02. The average molecular weight is 372 g/mol. The average Bonchev–Trinajstić information content (AvgIpc) is 3.01. The summed E-state index contributed by atoms with van der Waals surface area (Å²) in [6.45, 7) is 1.49. The molecule has 1 aromatic rings. The molecule has 1 atom stereocenters. The zero-order valence-corrected chi connectivity index (χ0v) is 15.7. The quantitative estimate of drug-likeness (QED) is 0.828. The minimum Gasteiger partial charge on any atom is -0.493 e. The third-order valence-corrected chi connectivity index (χ3v) is 6.02. The Morgan fingerprint density at radius 2 is 2.11 bits per heavy atom. The standard InChI is InChI=1S/C21H28N2O4/c24-17-11-16(12-17)21(15-5-6-18-14(10-15)7-9-27-18)22-19(25)13-23-8-3-1-2-4-20(23)26/h5-6,10,16-17,21,24H,1-4,7-9,11-13H2,(H,22,25)/t16?,17?,21-/m1/s1. The van der Waals surface area contributed by atoms with Gasteiger partial charge in [0.25, 0.3) is 0 Å². The molecule has 2 amide bonds. The molecule has 1 saturated heterocycles. The van der Waals surface area contributed by atoms with Crippen molar-refractivity contribution in [1.82, 2.24) is 10.2 Å². The molecule has 0 radical (unpaired) electrons. The summed E-state index contributed by atoms with van der Waals surface area (Å²) >= 11 is 0. The van der Waals surface area contributed by atoms with Gasteiger partial charge in [-0.1, -0.05) is 12.5 Å². The van der Waals surface area contributed by atoms with Crippen molar-refractivity contribution in [1.29, 1.82) is 0 Å². The number of rotatable bonds is 5. The van der Waals surface area contributed by atoms with Crippen LogP contribution >= 0.6 is 0 Å². The van der Waals surface area contributed by atoms with Crippen LogP contribution in [0.3, 0.4) is 0 Å². The Kier molecular flexibility index (Phi) is 5.34. The normalized spacial score (nSPS) is 25.8. The van der Waals surface area contributed by atoms with Gasteiger partial charge in [0, 0.05) is 19.4 Å². The molecule has 2 fully saturated rings. The molecule has 0 bridgehead atoms. The first-order valence-corrected chi connectivity index (χ1v) is 10.1. The summed E-state index contributed by atoms with van der Waals surface area (Å²) in [4.78, 5) is 26.6. The molecule has 146 valence electrons. The minimum atomic E-state index is -0.278. The van der Waals surface area contributed by atoms with Crippen molar-refractivity contribution in [3.05, 3.63) is 29.3 Å². The highest BCUT2D eigenvalue weighted by molar-refractivity contribution is 5.85. The predicted molar refractivity (Wildman–Crippen MR) is 100 cm³/mol. The molecule has 6 nitrogen and oxygen atoms in total. The number of ether oxygens (including phenoxy) is 1. The van der Waals surface area contributed by atoms with Crippen LogP contribution in [0.15, 0.2) is 18.2 Å². The van der Waals surface area contributed by atoms with Gasteiger partial charge < -0.3 is 20.1 Å². The van der Waals surface area contributed by atoms with Crippen molar-refractivity contribution in [2.75, 3.05) is 19.7 Å².